The molecule has 31 heavy (non-hydrogen) atoms. The number of esters is 1. The first-order valence-corrected chi connectivity index (χ1v) is 12.1. The van der Waals surface area contributed by atoms with E-state index in [1.165, 1.54) is 5.57 Å². The standard InChI is InChI=1S/C26H42O5/c1-17(31-24(29)11-13-25(2,3)30)22-9-10-23-19(6-5-12-26(22,23)4)8-7-18-14-20(27)16-21(28)15-18/h7-8,17,20-23,27-28,30H,5-6,9-16H2,1-4H3/b18-7?,19-8+/t17-,20-,21+,22+,23-,26+/m0/s1. The van der Waals surface area contributed by atoms with Crippen molar-refractivity contribution in [3.63, 3.8) is 0 Å². The Hall–Kier alpha value is -1.17. The van der Waals surface area contributed by atoms with E-state index in [9.17, 15) is 20.1 Å². The van der Waals surface area contributed by atoms with Gasteiger partial charge in [0.15, 0.2) is 0 Å². The Morgan fingerprint density at radius 1 is 1.23 bits per heavy atom. The SMILES string of the molecule is C[C@H](OC(=O)CCC(C)(C)O)[C@H]1CC[C@H]2/C(=C/C=C3C[C@@H](O)C[C@@H](O)C3)CCC[C@]12C. The van der Waals surface area contributed by atoms with Crippen LogP contribution in [-0.2, 0) is 9.53 Å². The second-order valence-electron chi connectivity index (χ2n) is 11.1. The third-order valence-electron chi connectivity index (χ3n) is 7.94. The van der Waals surface area contributed by atoms with Gasteiger partial charge in [-0.1, -0.05) is 30.2 Å². The van der Waals surface area contributed by atoms with Gasteiger partial charge in [-0.3, -0.25) is 4.79 Å². The molecule has 3 aliphatic carbocycles. The number of allylic oxidation sites excluding steroid dienone is 3. The highest BCUT2D eigenvalue weighted by molar-refractivity contribution is 5.69. The van der Waals surface area contributed by atoms with E-state index < -0.39 is 17.8 Å². The summed E-state index contributed by atoms with van der Waals surface area (Å²) in [6, 6.07) is 0. The van der Waals surface area contributed by atoms with Crippen LogP contribution in [0.1, 0.15) is 91.9 Å². The van der Waals surface area contributed by atoms with Crippen molar-refractivity contribution in [1.29, 1.82) is 0 Å². The van der Waals surface area contributed by atoms with Crippen LogP contribution in [0.4, 0.5) is 0 Å². The van der Waals surface area contributed by atoms with Crippen molar-refractivity contribution < 1.29 is 24.9 Å². The molecule has 0 saturated heterocycles. The molecule has 5 heteroatoms. The van der Waals surface area contributed by atoms with E-state index in [0.29, 0.717) is 37.5 Å². The molecule has 0 amide bonds. The van der Waals surface area contributed by atoms with Crippen LogP contribution in [0.2, 0.25) is 0 Å². The minimum atomic E-state index is -0.852. The molecule has 3 fully saturated rings. The monoisotopic (exact) mass is 434 g/mol. The molecule has 176 valence electrons. The van der Waals surface area contributed by atoms with Gasteiger partial charge in [-0.05, 0) is 89.9 Å². The van der Waals surface area contributed by atoms with Gasteiger partial charge in [0.05, 0.1) is 17.8 Å². The molecule has 0 aromatic heterocycles. The zero-order valence-electron chi connectivity index (χ0n) is 19.8. The Morgan fingerprint density at radius 3 is 2.55 bits per heavy atom. The van der Waals surface area contributed by atoms with Crippen LogP contribution in [0.3, 0.4) is 0 Å². The van der Waals surface area contributed by atoms with Gasteiger partial charge in [0.25, 0.3) is 0 Å². The number of hydrogen-bond donors (Lipinski definition) is 3. The maximum Gasteiger partial charge on any atom is 0.306 e. The smallest absolute Gasteiger partial charge is 0.306 e. The first-order chi connectivity index (χ1) is 14.5. The summed E-state index contributed by atoms with van der Waals surface area (Å²) >= 11 is 0. The van der Waals surface area contributed by atoms with Crippen molar-refractivity contribution in [3.05, 3.63) is 23.3 Å². The summed E-state index contributed by atoms with van der Waals surface area (Å²) in [7, 11) is 0. The highest BCUT2D eigenvalue weighted by Crippen LogP contribution is 2.58. The topological polar surface area (TPSA) is 87.0 Å². The molecule has 6 atom stereocenters. The minimum absolute atomic E-state index is 0.120. The quantitative estimate of drug-likeness (QED) is 0.538. The van der Waals surface area contributed by atoms with Crippen LogP contribution < -0.4 is 0 Å². The van der Waals surface area contributed by atoms with E-state index in [-0.39, 0.29) is 23.9 Å². The van der Waals surface area contributed by atoms with Crippen LogP contribution >= 0.6 is 0 Å². The van der Waals surface area contributed by atoms with E-state index >= 15 is 0 Å². The number of carbonyl (C=O) groups excluding carboxylic acids is 1. The maximum absolute atomic E-state index is 12.3. The molecule has 0 aliphatic heterocycles. The van der Waals surface area contributed by atoms with Crippen molar-refractivity contribution in [2.75, 3.05) is 0 Å². The fourth-order valence-corrected chi connectivity index (χ4v) is 6.34. The largest absolute Gasteiger partial charge is 0.462 e. The van der Waals surface area contributed by atoms with Crippen LogP contribution in [0, 0.1) is 17.3 Å². The van der Waals surface area contributed by atoms with Gasteiger partial charge in [-0.2, -0.15) is 0 Å². The molecule has 3 N–H and O–H groups in total. The van der Waals surface area contributed by atoms with Crippen LogP contribution in [0.5, 0.6) is 0 Å². The van der Waals surface area contributed by atoms with Gasteiger partial charge in [-0.15, -0.1) is 0 Å². The Morgan fingerprint density at radius 2 is 1.90 bits per heavy atom. The molecule has 3 rings (SSSR count). The molecular weight excluding hydrogens is 392 g/mol. The number of rotatable bonds is 6. The summed E-state index contributed by atoms with van der Waals surface area (Å²) in [5.74, 6) is 0.629. The van der Waals surface area contributed by atoms with E-state index in [1.807, 2.05) is 6.92 Å². The minimum Gasteiger partial charge on any atom is -0.462 e. The predicted molar refractivity (Wildman–Crippen MR) is 121 cm³/mol. The Balaban J connectivity index is 1.65. The summed E-state index contributed by atoms with van der Waals surface area (Å²) in [6.07, 6.45) is 11.4. The molecule has 0 heterocycles. The number of aliphatic hydroxyl groups excluding tert-OH is 2. The normalized spacial score (nSPS) is 37.6. The number of aliphatic hydroxyl groups is 3. The average Bonchev–Trinajstić information content (AvgIpc) is 3.01. The maximum atomic E-state index is 12.3. The van der Waals surface area contributed by atoms with Gasteiger partial charge in [-0.25, -0.2) is 0 Å². The molecule has 5 nitrogen and oxygen atoms in total. The van der Waals surface area contributed by atoms with Crippen LogP contribution in [0.25, 0.3) is 0 Å². The number of ether oxygens (including phenoxy) is 1. The third-order valence-corrected chi connectivity index (χ3v) is 7.94. The Bertz CT molecular complexity index is 691. The third kappa shape index (κ3) is 6.21. The Labute approximate surface area is 187 Å². The van der Waals surface area contributed by atoms with Crippen molar-refractivity contribution in [3.8, 4) is 0 Å². The van der Waals surface area contributed by atoms with Crippen LogP contribution in [-0.4, -0.2) is 45.2 Å². The summed E-state index contributed by atoms with van der Waals surface area (Å²) in [5.41, 5.74) is 1.88. The van der Waals surface area contributed by atoms with Gasteiger partial charge in [0.2, 0.25) is 0 Å². The van der Waals surface area contributed by atoms with Gasteiger partial charge in [0, 0.05) is 12.3 Å². The fraction of sp³-hybridized carbons (Fsp3) is 0.808. The number of hydrogen-bond acceptors (Lipinski definition) is 5. The second kappa shape index (κ2) is 9.76. The van der Waals surface area contributed by atoms with Crippen molar-refractivity contribution in [1.82, 2.24) is 0 Å². The molecule has 0 unspecified atom stereocenters. The lowest BCUT2D eigenvalue weighted by Crippen LogP contribution is -2.39. The van der Waals surface area contributed by atoms with Gasteiger partial charge >= 0.3 is 5.97 Å². The van der Waals surface area contributed by atoms with Crippen molar-refractivity contribution in [2.45, 2.75) is 116 Å². The van der Waals surface area contributed by atoms with Crippen molar-refractivity contribution >= 4 is 5.97 Å². The van der Waals surface area contributed by atoms with E-state index in [1.54, 1.807) is 13.8 Å². The lowest BCUT2D eigenvalue weighted by Gasteiger charge is -2.44. The summed E-state index contributed by atoms with van der Waals surface area (Å²) in [6.45, 7) is 7.83. The highest BCUT2D eigenvalue weighted by Gasteiger charge is 2.51. The average molecular weight is 435 g/mol. The molecule has 3 aliphatic rings. The van der Waals surface area contributed by atoms with Gasteiger partial charge < -0.3 is 20.1 Å². The fourth-order valence-electron chi connectivity index (χ4n) is 6.34. The molecule has 0 radical (unpaired) electrons. The molecule has 0 aromatic carbocycles. The molecule has 0 bridgehead atoms. The Kier molecular flexibility index (Phi) is 7.71. The first-order valence-electron chi connectivity index (χ1n) is 12.1. The molecular formula is C26H42O5. The summed E-state index contributed by atoms with van der Waals surface area (Å²) < 4.78 is 5.82. The van der Waals surface area contributed by atoms with E-state index in [0.717, 1.165) is 37.7 Å². The molecule has 0 aromatic rings. The van der Waals surface area contributed by atoms with E-state index in [4.69, 9.17) is 4.74 Å². The number of carbonyl (C=O) groups is 1. The summed E-state index contributed by atoms with van der Waals surface area (Å²) in [4.78, 5) is 12.3. The summed E-state index contributed by atoms with van der Waals surface area (Å²) in [5, 5.41) is 29.8. The zero-order chi connectivity index (χ0) is 22.8. The second-order valence-corrected chi connectivity index (χ2v) is 11.1. The first kappa shape index (κ1) is 24.5. The highest BCUT2D eigenvalue weighted by atomic mass is 16.5. The lowest BCUT2D eigenvalue weighted by molar-refractivity contribution is -0.154. The lowest BCUT2D eigenvalue weighted by atomic mass is 9.62. The van der Waals surface area contributed by atoms with Gasteiger partial charge in [0.1, 0.15) is 6.10 Å². The number of fused-ring (bicyclic) bond motifs is 1. The van der Waals surface area contributed by atoms with E-state index in [2.05, 4.69) is 19.1 Å². The van der Waals surface area contributed by atoms with Crippen molar-refractivity contribution in [2.24, 2.45) is 17.3 Å². The molecule has 3 saturated carbocycles. The predicted octanol–water partition coefficient (Wildman–Crippen LogP) is 4.44. The van der Waals surface area contributed by atoms with Crippen LogP contribution in [0.15, 0.2) is 23.3 Å². The zero-order valence-corrected chi connectivity index (χ0v) is 19.8. The molecule has 0 spiro atoms.